The van der Waals surface area contributed by atoms with Crippen LogP contribution in [-0.2, 0) is 10.0 Å². The van der Waals surface area contributed by atoms with E-state index in [1.165, 1.54) is 18.2 Å². The molecule has 0 fully saturated rings. The maximum absolute atomic E-state index is 12.2. The van der Waals surface area contributed by atoms with Gasteiger partial charge >= 0.3 is 0 Å². The summed E-state index contributed by atoms with van der Waals surface area (Å²) >= 11 is 9.02. The van der Waals surface area contributed by atoms with Gasteiger partial charge in [-0.15, -0.1) is 0 Å². The number of anilines is 2. The number of rotatable bonds is 3. The highest BCUT2D eigenvalue weighted by molar-refractivity contribution is 9.10. The fourth-order valence-electron chi connectivity index (χ4n) is 1.53. The van der Waals surface area contributed by atoms with Crippen molar-refractivity contribution in [2.24, 2.45) is 0 Å². The van der Waals surface area contributed by atoms with Gasteiger partial charge in [0.15, 0.2) is 0 Å². The molecule has 2 aromatic rings. The second kappa shape index (κ2) is 5.40. The van der Waals surface area contributed by atoms with Crippen molar-refractivity contribution >= 4 is 48.9 Å². The van der Waals surface area contributed by atoms with E-state index in [0.29, 0.717) is 10.7 Å². The molecule has 4 nitrogen and oxygen atoms in total. The van der Waals surface area contributed by atoms with Crippen LogP contribution in [0.25, 0.3) is 0 Å². The normalized spacial score (nSPS) is 11.3. The van der Waals surface area contributed by atoms with Crippen LogP contribution < -0.4 is 10.5 Å². The summed E-state index contributed by atoms with van der Waals surface area (Å²) in [5.41, 5.74) is 6.23. The topological polar surface area (TPSA) is 72.2 Å². The molecule has 3 N–H and O–H groups in total. The van der Waals surface area contributed by atoms with Gasteiger partial charge in [0.05, 0.1) is 5.69 Å². The van der Waals surface area contributed by atoms with E-state index < -0.39 is 10.0 Å². The van der Waals surface area contributed by atoms with Crippen molar-refractivity contribution in [1.29, 1.82) is 0 Å². The Balaban J connectivity index is 2.38. The quantitative estimate of drug-likeness (QED) is 0.822. The molecular weight excluding hydrogens is 352 g/mol. The van der Waals surface area contributed by atoms with Crippen molar-refractivity contribution in [3.63, 3.8) is 0 Å². The average Bonchev–Trinajstić information content (AvgIpc) is 2.27. The first-order chi connectivity index (χ1) is 8.88. The van der Waals surface area contributed by atoms with Crippen LogP contribution in [0.5, 0.6) is 0 Å². The van der Waals surface area contributed by atoms with E-state index in [-0.39, 0.29) is 10.6 Å². The first-order valence-electron chi connectivity index (χ1n) is 5.22. The lowest BCUT2D eigenvalue weighted by molar-refractivity contribution is 0.601. The molecule has 0 atom stereocenters. The molecule has 2 aromatic carbocycles. The highest BCUT2D eigenvalue weighted by Gasteiger charge is 2.17. The van der Waals surface area contributed by atoms with Gasteiger partial charge in [-0.05, 0) is 36.4 Å². The lowest BCUT2D eigenvalue weighted by Crippen LogP contribution is -2.14. The molecule has 0 aromatic heterocycles. The third-order valence-corrected chi connectivity index (χ3v) is 4.52. The number of benzene rings is 2. The Morgan fingerprint density at radius 1 is 1.16 bits per heavy atom. The molecule has 100 valence electrons. The van der Waals surface area contributed by atoms with Crippen LogP contribution in [0.3, 0.4) is 0 Å². The number of nitrogen functional groups attached to an aromatic ring is 1. The Labute approximate surface area is 124 Å². The summed E-state index contributed by atoms with van der Waals surface area (Å²) in [7, 11) is -3.73. The number of halogens is 2. The minimum absolute atomic E-state index is 0.00289. The van der Waals surface area contributed by atoms with Crippen LogP contribution in [-0.4, -0.2) is 8.42 Å². The molecule has 0 aliphatic carbocycles. The van der Waals surface area contributed by atoms with Gasteiger partial charge in [-0.1, -0.05) is 33.6 Å². The van der Waals surface area contributed by atoms with Crippen molar-refractivity contribution in [1.82, 2.24) is 0 Å². The predicted octanol–water partition coefficient (Wildman–Crippen LogP) is 3.49. The third-order valence-electron chi connectivity index (χ3n) is 2.34. The fraction of sp³-hybridized carbons (Fsp3) is 0. The van der Waals surface area contributed by atoms with Crippen molar-refractivity contribution in [3.05, 3.63) is 52.0 Å². The summed E-state index contributed by atoms with van der Waals surface area (Å²) in [6.07, 6.45) is 0. The molecule has 0 spiro atoms. The van der Waals surface area contributed by atoms with E-state index in [0.717, 1.165) is 4.47 Å². The van der Waals surface area contributed by atoms with Crippen molar-refractivity contribution in [3.8, 4) is 0 Å². The summed E-state index contributed by atoms with van der Waals surface area (Å²) in [5, 5.41) is 0.388. The summed E-state index contributed by atoms with van der Waals surface area (Å²) in [6, 6.07) is 11.1. The number of hydrogen-bond donors (Lipinski definition) is 2. The standard InChI is InChI=1S/C12H10BrClN2O2S/c13-8-2-1-3-10(6-8)16-19(17,18)12-5-4-9(14)7-11(12)15/h1-7,16H,15H2. The van der Waals surface area contributed by atoms with E-state index in [4.69, 9.17) is 17.3 Å². The van der Waals surface area contributed by atoms with Crippen LogP contribution in [0.2, 0.25) is 5.02 Å². The number of nitrogens with two attached hydrogens (primary N) is 1. The second-order valence-corrected chi connectivity index (χ2v) is 6.80. The molecule has 0 bridgehead atoms. The van der Waals surface area contributed by atoms with Gasteiger partial charge < -0.3 is 5.73 Å². The van der Waals surface area contributed by atoms with Crippen LogP contribution >= 0.6 is 27.5 Å². The summed E-state index contributed by atoms with van der Waals surface area (Å²) in [6.45, 7) is 0. The van der Waals surface area contributed by atoms with Crippen LogP contribution in [0, 0.1) is 0 Å². The number of nitrogens with one attached hydrogen (secondary N) is 1. The Morgan fingerprint density at radius 2 is 1.89 bits per heavy atom. The van der Waals surface area contributed by atoms with Crippen molar-refractivity contribution in [2.45, 2.75) is 4.90 Å². The van der Waals surface area contributed by atoms with Gasteiger partial charge in [-0.2, -0.15) is 0 Å². The molecule has 0 saturated carbocycles. The predicted molar refractivity (Wildman–Crippen MR) is 80.8 cm³/mol. The zero-order chi connectivity index (χ0) is 14.0. The molecule has 19 heavy (non-hydrogen) atoms. The highest BCUT2D eigenvalue weighted by atomic mass is 79.9. The van der Waals surface area contributed by atoms with Gasteiger partial charge in [0.25, 0.3) is 10.0 Å². The minimum atomic E-state index is -3.73. The maximum Gasteiger partial charge on any atom is 0.263 e. The summed E-state index contributed by atoms with van der Waals surface area (Å²) < 4.78 is 27.6. The summed E-state index contributed by atoms with van der Waals surface area (Å²) in [5.74, 6) is 0. The van der Waals surface area contributed by atoms with Gasteiger partial charge in [-0.25, -0.2) is 8.42 Å². The Kier molecular flexibility index (Phi) is 4.03. The SMILES string of the molecule is Nc1cc(Cl)ccc1S(=O)(=O)Nc1cccc(Br)c1. The largest absolute Gasteiger partial charge is 0.398 e. The van der Waals surface area contributed by atoms with Gasteiger partial charge in [0.2, 0.25) is 0 Å². The van der Waals surface area contributed by atoms with Gasteiger partial charge in [-0.3, -0.25) is 4.72 Å². The number of hydrogen-bond acceptors (Lipinski definition) is 3. The van der Waals surface area contributed by atoms with Gasteiger partial charge in [0, 0.05) is 15.2 Å². The Morgan fingerprint density at radius 3 is 2.53 bits per heavy atom. The maximum atomic E-state index is 12.2. The molecular formula is C12H10BrClN2O2S. The van der Waals surface area contributed by atoms with E-state index in [9.17, 15) is 8.42 Å². The molecule has 0 aliphatic heterocycles. The molecule has 0 amide bonds. The Bertz CT molecular complexity index is 719. The van der Waals surface area contributed by atoms with E-state index in [2.05, 4.69) is 20.7 Å². The smallest absolute Gasteiger partial charge is 0.263 e. The monoisotopic (exact) mass is 360 g/mol. The minimum Gasteiger partial charge on any atom is -0.398 e. The lowest BCUT2D eigenvalue weighted by Gasteiger charge is -2.10. The molecule has 0 unspecified atom stereocenters. The molecule has 2 rings (SSSR count). The second-order valence-electron chi connectivity index (χ2n) is 3.80. The van der Waals surface area contributed by atoms with Crippen molar-refractivity contribution in [2.75, 3.05) is 10.5 Å². The highest BCUT2D eigenvalue weighted by Crippen LogP contribution is 2.25. The zero-order valence-corrected chi connectivity index (χ0v) is 12.8. The first kappa shape index (κ1) is 14.2. The zero-order valence-electron chi connectivity index (χ0n) is 9.60. The third kappa shape index (κ3) is 3.40. The van der Waals surface area contributed by atoms with Crippen LogP contribution in [0.15, 0.2) is 51.8 Å². The van der Waals surface area contributed by atoms with E-state index in [1.807, 2.05) is 0 Å². The molecule has 0 aliphatic rings. The average molecular weight is 362 g/mol. The van der Waals surface area contributed by atoms with E-state index >= 15 is 0 Å². The first-order valence-corrected chi connectivity index (χ1v) is 7.87. The van der Waals surface area contributed by atoms with Crippen LogP contribution in [0.1, 0.15) is 0 Å². The Hall–Kier alpha value is -1.24. The number of sulfonamides is 1. The molecule has 7 heteroatoms. The van der Waals surface area contributed by atoms with E-state index in [1.54, 1.807) is 24.3 Å². The molecule has 0 heterocycles. The van der Waals surface area contributed by atoms with Crippen molar-refractivity contribution < 1.29 is 8.42 Å². The lowest BCUT2D eigenvalue weighted by atomic mass is 10.3. The van der Waals surface area contributed by atoms with Gasteiger partial charge in [0.1, 0.15) is 4.90 Å². The summed E-state index contributed by atoms with van der Waals surface area (Å²) in [4.78, 5) is -0.00289. The molecule has 0 radical (unpaired) electrons. The fourth-order valence-corrected chi connectivity index (χ4v) is 3.27. The molecule has 0 saturated heterocycles. The van der Waals surface area contributed by atoms with Crippen LogP contribution in [0.4, 0.5) is 11.4 Å².